The fraction of sp³-hybridized carbons (Fsp3) is 0.500. The SMILES string of the molecule is NC(=S)c1ccncc1OCCN1CCCC1. The predicted octanol–water partition coefficient (Wildman–Crippen LogP) is 1.19. The zero-order valence-corrected chi connectivity index (χ0v) is 10.6. The van der Waals surface area contributed by atoms with Crippen LogP contribution in [0, 0.1) is 0 Å². The molecule has 5 heteroatoms. The first-order valence-electron chi connectivity index (χ1n) is 5.86. The van der Waals surface area contributed by atoms with E-state index in [1.807, 2.05) is 0 Å². The second kappa shape index (κ2) is 5.93. The standard InChI is InChI=1S/C12H17N3OS/c13-12(17)10-3-4-14-9-11(10)16-8-7-15-5-1-2-6-15/h3-4,9H,1-2,5-8H2,(H2,13,17). The molecule has 1 aromatic heterocycles. The first-order chi connectivity index (χ1) is 8.27. The van der Waals surface area contributed by atoms with E-state index in [0.717, 1.165) is 12.1 Å². The maximum Gasteiger partial charge on any atom is 0.147 e. The third-order valence-electron chi connectivity index (χ3n) is 2.91. The Hall–Kier alpha value is -1.20. The summed E-state index contributed by atoms with van der Waals surface area (Å²) in [5, 5.41) is 0. The molecule has 1 aliphatic rings. The van der Waals surface area contributed by atoms with Gasteiger partial charge >= 0.3 is 0 Å². The zero-order valence-electron chi connectivity index (χ0n) is 9.76. The van der Waals surface area contributed by atoms with E-state index in [4.69, 9.17) is 22.7 Å². The number of likely N-dealkylation sites (tertiary alicyclic amines) is 1. The third kappa shape index (κ3) is 3.38. The summed E-state index contributed by atoms with van der Waals surface area (Å²) in [6, 6.07) is 1.79. The van der Waals surface area contributed by atoms with Gasteiger partial charge in [-0.1, -0.05) is 12.2 Å². The molecule has 1 aliphatic heterocycles. The molecule has 17 heavy (non-hydrogen) atoms. The lowest BCUT2D eigenvalue weighted by atomic mass is 10.2. The van der Waals surface area contributed by atoms with Gasteiger partial charge in [0.05, 0.1) is 11.8 Å². The lowest BCUT2D eigenvalue weighted by Crippen LogP contribution is -2.25. The molecule has 0 aromatic carbocycles. The van der Waals surface area contributed by atoms with Crippen LogP contribution < -0.4 is 10.5 Å². The molecule has 1 aromatic rings. The van der Waals surface area contributed by atoms with Crippen LogP contribution in [-0.2, 0) is 0 Å². The van der Waals surface area contributed by atoms with Crippen LogP contribution in [0.1, 0.15) is 18.4 Å². The summed E-state index contributed by atoms with van der Waals surface area (Å²) in [6.07, 6.45) is 5.93. The Labute approximate surface area is 107 Å². The zero-order chi connectivity index (χ0) is 12.1. The van der Waals surface area contributed by atoms with Crippen LogP contribution in [0.3, 0.4) is 0 Å². The van der Waals surface area contributed by atoms with Crippen LogP contribution >= 0.6 is 12.2 Å². The van der Waals surface area contributed by atoms with E-state index < -0.39 is 0 Å². The van der Waals surface area contributed by atoms with Gasteiger partial charge in [0, 0.05) is 12.7 Å². The van der Waals surface area contributed by atoms with Gasteiger partial charge in [-0.15, -0.1) is 0 Å². The van der Waals surface area contributed by atoms with Gasteiger partial charge in [0.2, 0.25) is 0 Å². The van der Waals surface area contributed by atoms with E-state index in [9.17, 15) is 0 Å². The Morgan fingerprint density at radius 3 is 2.94 bits per heavy atom. The normalized spacial score (nSPS) is 16.0. The molecule has 92 valence electrons. The van der Waals surface area contributed by atoms with Gasteiger partial charge in [-0.25, -0.2) is 0 Å². The molecule has 2 N–H and O–H groups in total. The third-order valence-corrected chi connectivity index (χ3v) is 3.13. The maximum absolute atomic E-state index is 5.69. The quantitative estimate of drug-likeness (QED) is 0.797. The van der Waals surface area contributed by atoms with E-state index in [1.54, 1.807) is 18.5 Å². The Morgan fingerprint density at radius 2 is 2.24 bits per heavy atom. The topological polar surface area (TPSA) is 51.4 Å². The second-order valence-electron chi connectivity index (χ2n) is 4.13. The van der Waals surface area contributed by atoms with E-state index >= 15 is 0 Å². The van der Waals surface area contributed by atoms with Crippen molar-refractivity contribution in [2.24, 2.45) is 5.73 Å². The van der Waals surface area contributed by atoms with E-state index in [-0.39, 0.29) is 0 Å². The van der Waals surface area contributed by atoms with Crippen molar-refractivity contribution in [2.75, 3.05) is 26.2 Å². The van der Waals surface area contributed by atoms with Crippen molar-refractivity contribution in [2.45, 2.75) is 12.8 Å². The molecule has 1 saturated heterocycles. The molecule has 2 rings (SSSR count). The molecule has 0 atom stereocenters. The highest BCUT2D eigenvalue weighted by Crippen LogP contribution is 2.16. The van der Waals surface area contributed by atoms with Gasteiger partial charge in [0.1, 0.15) is 17.3 Å². The maximum atomic E-state index is 5.69. The number of thiocarbonyl (C=S) groups is 1. The van der Waals surface area contributed by atoms with Gasteiger partial charge in [-0.05, 0) is 32.0 Å². The fourth-order valence-corrected chi connectivity index (χ4v) is 2.16. The highest BCUT2D eigenvalue weighted by Gasteiger charge is 2.11. The molecular weight excluding hydrogens is 234 g/mol. The summed E-state index contributed by atoms with van der Waals surface area (Å²) in [5.41, 5.74) is 6.38. The first-order valence-corrected chi connectivity index (χ1v) is 6.27. The van der Waals surface area contributed by atoms with Crippen molar-refractivity contribution in [3.63, 3.8) is 0 Å². The second-order valence-corrected chi connectivity index (χ2v) is 4.57. The number of aromatic nitrogens is 1. The summed E-state index contributed by atoms with van der Waals surface area (Å²) >= 11 is 4.97. The molecule has 0 radical (unpaired) electrons. The largest absolute Gasteiger partial charge is 0.490 e. The summed E-state index contributed by atoms with van der Waals surface area (Å²) in [7, 11) is 0. The predicted molar refractivity (Wildman–Crippen MR) is 71.3 cm³/mol. The lowest BCUT2D eigenvalue weighted by Gasteiger charge is -2.15. The van der Waals surface area contributed by atoms with Crippen LogP contribution in [0.4, 0.5) is 0 Å². The van der Waals surface area contributed by atoms with E-state index in [2.05, 4.69) is 9.88 Å². The molecule has 0 amide bonds. The van der Waals surface area contributed by atoms with E-state index in [0.29, 0.717) is 17.3 Å². The Morgan fingerprint density at radius 1 is 1.47 bits per heavy atom. The highest BCUT2D eigenvalue weighted by molar-refractivity contribution is 7.80. The summed E-state index contributed by atoms with van der Waals surface area (Å²) in [6.45, 7) is 3.96. The monoisotopic (exact) mass is 251 g/mol. The summed E-state index contributed by atoms with van der Waals surface area (Å²) in [4.78, 5) is 6.77. The van der Waals surface area contributed by atoms with Crippen molar-refractivity contribution in [1.82, 2.24) is 9.88 Å². The molecule has 1 fully saturated rings. The van der Waals surface area contributed by atoms with Gasteiger partial charge in [-0.3, -0.25) is 9.88 Å². The lowest BCUT2D eigenvalue weighted by molar-refractivity contribution is 0.237. The van der Waals surface area contributed by atoms with Gasteiger partial charge in [-0.2, -0.15) is 0 Å². The van der Waals surface area contributed by atoms with Crippen LogP contribution in [0.5, 0.6) is 5.75 Å². The Balaban J connectivity index is 1.87. The number of hydrogen-bond donors (Lipinski definition) is 1. The van der Waals surface area contributed by atoms with Gasteiger partial charge < -0.3 is 10.5 Å². The number of nitrogens with zero attached hydrogens (tertiary/aromatic N) is 2. The van der Waals surface area contributed by atoms with Gasteiger partial charge in [0.15, 0.2) is 0 Å². The molecule has 0 aliphatic carbocycles. The minimum absolute atomic E-state index is 0.351. The van der Waals surface area contributed by atoms with Crippen molar-refractivity contribution in [3.8, 4) is 5.75 Å². The number of pyridine rings is 1. The first kappa shape index (κ1) is 12.3. The number of nitrogens with two attached hydrogens (primary N) is 1. The molecule has 0 spiro atoms. The fourth-order valence-electron chi connectivity index (χ4n) is 1.99. The summed E-state index contributed by atoms with van der Waals surface area (Å²) < 4.78 is 5.69. The van der Waals surface area contributed by atoms with Crippen LogP contribution in [0.15, 0.2) is 18.5 Å². The molecule has 0 saturated carbocycles. The molecule has 2 heterocycles. The van der Waals surface area contributed by atoms with Crippen molar-refractivity contribution in [1.29, 1.82) is 0 Å². The van der Waals surface area contributed by atoms with Gasteiger partial charge in [0.25, 0.3) is 0 Å². The molecule has 4 nitrogen and oxygen atoms in total. The molecule has 0 unspecified atom stereocenters. The smallest absolute Gasteiger partial charge is 0.147 e. The average Bonchev–Trinajstić information content (AvgIpc) is 2.82. The number of hydrogen-bond acceptors (Lipinski definition) is 4. The van der Waals surface area contributed by atoms with Crippen LogP contribution in [0.2, 0.25) is 0 Å². The van der Waals surface area contributed by atoms with Crippen molar-refractivity contribution in [3.05, 3.63) is 24.0 Å². The summed E-state index contributed by atoms with van der Waals surface area (Å²) in [5.74, 6) is 0.680. The minimum Gasteiger partial charge on any atom is -0.490 e. The Kier molecular flexibility index (Phi) is 4.28. The molecular formula is C12H17N3OS. The van der Waals surface area contributed by atoms with Crippen LogP contribution in [-0.4, -0.2) is 41.1 Å². The van der Waals surface area contributed by atoms with Crippen molar-refractivity contribution < 1.29 is 4.74 Å². The minimum atomic E-state index is 0.351. The number of rotatable bonds is 5. The average molecular weight is 251 g/mol. The number of ether oxygens (including phenoxy) is 1. The van der Waals surface area contributed by atoms with Crippen LogP contribution in [0.25, 0.3) is 0 Å². The van der Waals surface area contributed by atoms with Crippen molar-refractivity contribution >= 4 is 17.2 Å². The van der Waals surface area contributed by atoms with E-state index in [1.165, 1.54) is 25.9 Å². The Bertz CT molecular complexity index is 391. The molecule has 0 bridgehead atoms. The highest BCUT2D eigenvalue weighted by atomic mass is 32.1.